The first-order valence-electron chi connectivity index (χ1n) is 3.82. The molecule has 1 heterocycles. The number of amides is 1. The van der Waals surface area contributed by atoms with Gasteiger partial charge in [0.05, 0.1) is 11.2 Å². The summed E-state index contributed by atoms with van der Waals surface area (Å²) in [5, 5.41) is 6.79. The summed E-state index contributed by atoms with van der Waals surface area (Å²) in [6, 6.07) is 0. The van der Waals surface area contributed by atoms with Crippen LogP contribution in [0.4, 0.5) is 0 Å². The number of nitrogens with one attached hydrogen (secondary N) is 1. The molecular weight excluding hydrogens is 192 g/mol. The second-order valence-corrected chi connectivity index (χ2v) is 2.92. The Morgan fingerprint density at radius 2 is 2.54 bits per heavy atom. The molecule has 0 saturated heterocycles. The molecule has 5 nitrogen and oxygen atoms in total. The number of rotatable bonds is 3. The van der Waals surface area contributed by atoms with E-state index in [0.29, 0.717) is 23.8 Å². The first-order valence-corrected chi connectivity index (χ1v) is 4.20. The molecule has 1 aromatic heterocycles. The van der Waals surface area contributed by atoms with Gasteiger partial charge in [0, 0.05) is 20.1 Å². The molecule has 0 radical (unpaired) electrons. The van der Waals surface area contributed by atoms with Gasteiger partial charge in [-0.05, 0) is 0 Å². The van der Waals surface area contributed by atoms with Crippen LogP contribution in [0.2, 0.25) is 5.02 Å². The summed E-state index contributed by atoms with van der Waals surface area (Å²) in [6.45, 7) is 0.835. The molecule has 13 heavy (non-hydrogen) atoms. The highest BCUT2D eigenvalue weighted by Gasteiger charge is 2.14. The molecule has 0 unspecified atom stereocenters. The number of halogens is 1. The smallest absolute Gasteiger partial charge is 0.271 e. The van der Waals surface area contributed by atoms with E-state index in [1.165, 1.54) is 10.9 Å². The molecule has 0 spiro atoms. The second kappa shape index (κ2) is 4.25. The lowest BCUT2D eigenvalue weighted by molar-refractivity contribution is 0.0945. The van der Waals surface area contributed by atoms with Crippen molar-refractivity contribution in [2.45, 2.75) is 0 Å². The number of nitrogens with zero attached hydrogens (tertiary/aromatic N) is 2. The largest absolute Gasteiger partial charge is 0.349 e. The van der Waals surface area contributed by atoms with Crippen molar-refractivity contribution in [1.82, 2.24) is 15.1 Å². The third-order valence-electron chi connectivity index (χ3n) is 1.54. The van der Waals surface area contributed by atoms with E-state index in [0.717, 1.165) is 0 Å². The molecule has 0 fully saturated rings. The fourth-order valence-corrected chi connectivity index (χ4v) is 1.19. The molecule has 0 aliphatic carbocycles. The Bertz CT molecular complexity index is 290. The molecule has 1 amide bonds. The summed E-state index contributed by atoms with van der Waals surface area (Å²) in [5.74, 6) is -0.254. The topological polar surface area (TPSA) is 72.9 Å². The van der Waals surface area contributed by atoms with Crippen molar-refractivity contribution in [2.24, 2.45) is 12.8 Å². The van der Waals surface area contributed by atoms with Crippen LogP contribution in [0.3, 0.4) is 0 Å². The van der Waals surface area contributed by atoms with Gasteiger partial charge in [0.25, 0.3) is 5.91 Å². The zero-order valence-electron chi connectivity index (χ0n) is 7.25. The minimum atomic E-state index is -0.254. The predicted molar refractivity (Wildman–Crippen MR) is 49.6 cm³/mol. The third kappa shape index (κ3) is 2.19. The highest BCUT2D eigenvalue weighted by Crippen LogP contribution is 2.13. The van der Waals surface area contributed by atoms with E-state index in [1.807, 2.05) is 0 Å². The Morgan fingerprint density at radius 1 is 1.85 bits per heavy atom. The van der Waals surface area contributed by atoms with E-state index in [4.69, 9.17) is 17.3 Å². The molecule has 1 rings (SSSR count). The number of hydrogen-bond acceptors (Lipinski definition) is 3. The van der Waals surface area contributed by atoms with Gasteiger partial charge in [-0.25, -0.2) is 0 Å². The Morgan fingerprint density at radius 3 is 3.00 bits per heavy atom. The lowest BCUT2D eigenvalue weighted by Gasteiger charge is -2.03. The molecule has 0 aliphatic rings. The molecule has 3 N–H and O–H groups in total. The quantitative estimate of drug-likeness (QED) is 0.711. The number of hydrogen-bond donors (Lipinski definition) is 2. The van der Waals surface area contributed by atoms with Gasteiger partial charge >= 0.3 is 0 Å². The first kappa shape index (κ1) is 10.0. The van der Waals surface area contributed by atoms with Crippen LogP contribution in [0.25, 0.3) is 0 Å². The number of carbonyl (C=O) groups is 1. The van der Waals surface area contributed by atoms with Crippen molar-refractivity contribution in [3.8, 4) is 0 Å². The van der Waals surface area contributed by atoms with Crippen molar-refractivity contribution < 1.29 is 4.79 Å². The minimum absolute atomic E-state index is 0.254. The van der Waals surface area contributed by atoms with E-state index >= 15 is 0 Å². The van der Waals surface area contributed by atoms with Crippen LogP contribution < -0.4 is 11.1 Å². The molecule has 0 aromatic carbocycles. The molecule has 6 heteroatoms. The lowest BCUT2D eigenvalue weighted by Crippen LogP contribution is -2.30. The van der Waals surface area contributed by atoms with Crippen LogP contribution in [-0.4, -0.2) is 28.8 Å². The van der Waals surface area contributed by atoms with E-state index in [9.17, 15) is 4.79 Å². The Labute approximate surface area is 80.9 Å². The average molecular weight is 203 g/mol. The summed E-state index contributed by atoms with van der Waals surface area (Å²) in [6.07, 6.45) is 1.43. The average Bonchev–Trinajstić information content (AvgIpc) is 2.42. The van der Waals surface area contributed by atoms with Crippen LogP contribution in [0, 0.1) is 0 Å². The van der Waals surface area contributed by atoms with Crippen molar-refractivity contribution in [2.75, 3.05) is 13.1 Å². The third-order valence-corrected chi connectivity index (χ3v) is 1.82. The van der Waals surface area contributed by atoms with Gasteiger partial charge in [-0.2, -0.15) is 5.10 Å². The number of aryl methyl sites for hydroxylation is 1. The van der Waals surface area contributed by atoms with Crippen molar-refractivity contribution >= 4 is 17.5 Å². The highest BCUT2D eigenvalue weighted by molar-refractivity contribution is 6.33. The zero-order valence-corrected chi connectivity index (χ0v) is 8.01. The zero-order chi connectivity index (χ0) is 9.84. The summed E-state index contributed by atoms with van der Waals surface area (Å²) in [7, 11) is 1.66. The fourth-order valence-electron chi connectivity index (χ4n) is 0.936. The van der Waals surface area contributed by atoms with E-state index in [1.54, 1.807) is 7.05 Å². The predicted octanol–water partition coefficient (Wildman–Crippen LogP) is -0.238. The Kier molecular flexibility index (Phi) is 3.27. The lowest BCUT2D eigenvalue weighted by atomic mass is 10.4. The molecule has 0 bridgehead atoms. The first-order chi connectivity index (χ1) is 6.16. The SMILES string of the molecule is Cn1ncc(Cl)c1C(=O)NCCN. The molecule has 0 saturated carbocycles. The second-order valence-electron chi connectivity index (χ2n) is 2.51. The van der Waals surface area contributed by atoms with Gasteiger partial charge in [0.1, 0.15) is 5.69 Å². The van der Waals surface area contributed by atoms with Crippen LogP contribution in [0.1, 0.15) is 10.5 Å². The maximum Gasteiger partial charge on any atom is 0.271 e. The number of nitrogens with two attached hydrogens (primary N) is 1. The highest BCUT2D eigenvalue weighted by atomic mass is 35.5. The van der Waals surface area contributed by atoms with Crippen LogP contribution in [0.15, 0.2) is 6.20 Å². The standard InChI is InChI=1S/C7H11ClN4O/c1-12-6(5(8)4-11-12)7(13)10-3-2-9/h4H,2-3,9H2,1H3,(H,10,13). The van der Waals surface area contributed by atoms with E-state index < -0.39 is 0 Å². The van der Waals surface area contributed by atoms with Gasteiger partial charge in [-0.1, -0.05) is 11.6 Å². The van der Waals surface area contributed by atoms with Crippen molar-refractivity contribution in [3.05, 3.63) is 16.9 Å². The Balaban J connectivity index is 2.76. The van der Waals surface area contributed by atoms with E-state index in [-0.39, 0.29) is 5.91 Å². The normalized spacial score (nSPS) is 10.1. The van der Waals surface area contributed by atoms with Gasteiger partial charge in [-0.15, -0.1) is 0 Å². The van der Waals surface area contributed by atoms with Crippen LogP contribution in [0.5, 0.6) is 0 Å². The summed E-state index contributed by atoms with van der Waals surface area (Å²) in [4.78, 5) is 11.4. The summed E-state index contributed by atoms with van der Waals surface area (Å²) in [5.41, 5.74) is 5.59. The molecular formula is C7H11ClN4O. The minimum Gasteiger partial charge on any atom is -0.349 e. The van der Waals surface area contributed by atoms with Gasteiger partial charge < -0.3 is 11.1 Å². The molecule has 0 atom stereocenters. The number of aromatic nitrogens is 2. The van der Waals surface area contributed by atoms with Crippen LogP contribution >= 0.6 is 11.6 Å². The Hall–Kier alpha value is -1.07. The van der Waals surface area contributed by atoms with Crippen LogP contribution in [-0.2, 0) is 7.05 Å². The molecule has 1 aromatic rings. The van der Waals surface area contributed by atoms with Crippen molar-refractivity contribution in [1.29, 1.82) is 0 Å². The monoisotopic (exact) mass is 202 g/mol. The number of carbonyl (C=O) groups excluding carboxylic acids is 1. The maximum absolute atomic E-state index is 11.4. The molecule has 72 valence electrons. The summed E-state index contributed by atoms with van der Waals surface area (Å²) < 4.78 is 1.42. The van der Waals surface area contributed by atoms with E-state index in [2.05, 4.69) is 10.4 Å². The summed E-state index contributed by atoms with van der Waals surface area (Å²) >= 11 is 5.74. The van der Waals surface area contributed by atoms with Gasteiger partial charge in [0.2, 0.25) is 0 Å². The van der Waals surface area contributed by atoms with Gasteiger partial charge in [-0.3, -0.25) is 9.48 Å². The maximum atomic E-state index is 11.4. The fraction of sp³-hybridized carbons (Fsp3) is 0.429. The molecule has 0 aliphatic heterocycles. The van der Waals surface area contributed by atoms with Crippen molar-refractivity contribution in [3.63, 3.8) is 0 Å². The van der Waals surface area contributed by atoms with Gasteiger partial charge in [0.15, 0.2) is 0 Å².